The number of hydrogen-bond donors (Lipinski definition) is 2. The summed E-state index contributed by atoms with van der Waals surface area (Å²) in [5.41, 5.74) is 1.18. The second-order valence-corrected chi connectivity index (χ2v) is 7.79. The van der Waals surface area contributed by atoms with Crippen molar-refractivity contribution in [2.45, 2.75) is 50.4 Å². The minimum atomic E-state index is -0.713. The predicted octanol–water partition coefficient (Wildman–Crippen LogP) is 3.49. The number of fused-ring (bicyclic) bond motifs is 2. The van der Waals surface area contributed by atoms with E-state index in [0.29, 0.717) is 19.3 Å². The molecule has 30 heavy (non-hydrogen) atoms. The van der Waals surface area contributed by atoms with Gasteiger partial charge in [-0.05, 0) is 36.1 Å². The standard InChI is InChI=1S/C24H24O6/c25-17-8-4-5-9-21-22(30-21)14-19(10-15-6-2-1-3-7-15)29-24(28)23-16(11-17)12-18(26)13-20(23)27/h1-4,6-8,12-13,19,21-22,26-27H,5,9-11,14H2/t19-,21?,22?/m1/s1. The van der Waals surface area contributed by atoms with Crippen LogP contribution in [0.15, 0.2) is 54.6 Å². The summed E-state index contributed by atoms with van der Waals surface area (Å²) in [4.78, 5) is 25.3. The summed E-state index contributed by atoms with van der Waals surface area (Å²) in [6, 6.07) is 12.1. The first kappa shape index (κ1) is 20.2. The maximum atomic E-state index is 13.0. The van der Waals surface area contributed by atoms with Crippen LogP contribution in [0.25, 0.3) is 0 Å². The highest BCUT2D eigenvalue weighted by atomic mass is 16.6. The van der Waals surface area contributed by atoms with Gasteiger partial charge in [0.25, 0.3) is 0 Å². The second-order valence-electron chi connectivity index (χ2n) is 7.79. The van der Waals surface area contributed by atoms with Crippen LogP contribution in [0, 0.1) is 0 Å². The Hall–Kier alpha value is -3.12. The number of carbonyl (C=O) groups is 2. The zero-order valence-electron chi connectivity index (χ0n) is 16.5. The van der Waals surface area contributed by atoms with Crippen molar-refractivity contribution in [2.24, 2.45) is 0 Å². The number of phenolic OH excluding ortho intramolecular Hbond substituents is 2. The molecule has 6 nitrogen and oxygen atoms in total. The Kier molecular flexibility index (Phi) is 5.86. The van der Waals surface area contributed by atoms with E-state index in [4.69, 9.17) is 9.47 Å². The zero-order valence-corrected chi connectivity index (χ0v) is 16.5. The van der Waals surface area contributed by atoms with Gasteiger partial charge in [-0.25, -0.2) is 4.79 Å². The normalized spacial score (nSPS) is 24.3. The molecule has 0 aliphatic carbocycles. The van der Waals surface area contributed by atoms with E-state index in [2.05, 4.69) is 0 Å². The van der Waals surface area contributed by atoms with E-state index in [0.717, 1.165) is 18.1 Å². The van der Waals surface area contributed by atoms with Crippen molar-refractivity contribution in [3.8, 4) is 11.5 Å². The second kappa shape index (κ2) is 8.71. The number of benzene rings is 2. The van der Waals surface area contributed by atoms with Crippen molar-refractivity contribution in [2.75, 3.05) is 0 Å². The molecule has 0 amide bonds. The summed E-state index contributed by atoms with van der Waals surface area (Å²) >= 11 is 0. The van der Waals surface area contributed by atoms with Crippen molar-refractivity contribution in [1.82, 2.24) is 0 Å². The molecule has 0 bridgehead atoms. The number of ketones is 1. The predicted molar refractivity (Wildman–Crippen MR) is 109 cm³/mol. The highest BCUT2D eigenvalue weighted by Crippen LogP contribution is 2.34. The first-order valence-corrected chi connectivity index (χ1v) is 10.1. The lowest BCUT2D eigenvalue weighted by atomic mass is 9.98. The van der Waals surface area contributed by atoms with Crippen molar-refractivity contribution < 1.29 is 29.3 Å². The molecule has 2 N–H and O–H groups in total. The Labute approximate surface area is 174 Å². The van der Waals surface area contributed by atoms with Crippen LogP contribution in [0.4, 0.5) is 0 Å². The summed E-state index contributed by atoms with van der Waals surface area (Å²) in [5.74, 6) is -1.56. The number of ether oxygens (including phenoxy) is 2. The summed E-state index contributed by atoms with van der Waals surface area (Å²) in [7, 11) is 0. The number of hydrogen-bond acceptors (Lipinski definition) is 6. The number of allylic oxidation sites excluding steroid dienone is 2. The molecule has 2 aliphatic heterocycles. The van der Waals surface area contributed by atoms with Crippen LogP contribution in [0.2, 0.25) is 0 Å². The molecule has 3 atom stereocenters. The van der Waals surface area contributed by atoms with Crippen LogP contribution in [-0.4, -0.2) is 40.3 Å². The van der Waals surface area contributed by atoms with Crippen molar-refractivity contribution in [3.05, 3.63) is 71.3 Å². The number of carbonyl (C=O) groups excluding carboxylic acids is 2. The number of phenols is 2. The third-order valence-electron chi connectivity index (χ3n) is 5.44. The third-order valence-corrected chi connectivity index (χ3v) is 5.44. The van der Waals surface area contributed by atoms with Crippen LogP contribution >= 0.6 is 0 Å². The summed E-state index contributed by atoms with van der Waals surface area (Å²) in [5, 5.41) is 20.2. The molecule has 2 aliphatic rings. The Morgan fingerprint density at radius 2 is 1.83 bits per heavy atom. The molecule has 2 unspecified atom stereocenters. The van der Waals surface area contributed by atoms with Crippen molar-refractivity contribution in [1.29, 1.82) is 0 Å². The molecule has 2 heterocycles. The number of rotatable bonds is 2. The topological polar surface area (TPSA) is 96.4 Å². The summed E-state index contributed by atoms with van der Waals surface area (Å²) in [6.07, 6.45) is 5.42. The Morgan fingerprint density at radius 3 is 2.63 bits per heavy atom. The SMILES string of the molecule is O=C1C=CCCC2OC2C[C@@H](Cc2ccccc2)OC(=O)c2c(O)cc(O)cc2C1. The lowest BCUT2D eigenvalue weighted by molar-refractivity contribution is -0.114. The molecule has 0 spiro atoms. The number of esters is 1. The van der Waals surface area contributed by atoms with Gasteiger partial charge in [0, 0.05) is 25.3 Å². The molecule has 2 aromatic carbocycles. The average molecular weight is 408 g/mol. The van der Waals surface area contributed by atoms with Gasteiger partial charge < -0.3 is 19.7 Å². The molecule has 0 saturated carbocycles. The zero-order chi connectivity index (χ0) is 21.1. The number of cyclic esters (lactones) is 1. The quantitative estimate of drug-likeness (QED) is 0.583. The van der Waals surface area contributed by atoms with E-state index < -0.39 is 17.8 Å². The molecule has 1 saturated heterocycles. The molecule has 156 valence electrons. The molecule has 0 radical (unpaired) electrons. The van der Waals surface area contributed by atoms with Gasteiger partial charge in [0.15, 0.2) is 5.78 Å². The smallest absolute Gasteiger partial charge is 0.342 e. The molecule has 4 rings (SSSR count). The van der Waals surface area contributed by atoms with Gasteiger partial charge in [-0.3, -0.25) is 4.79 Å². The number of aromatic hydroxyl groups is 2. The highest BCUT2D eigenvalue weighted by molar-refractivity contribution is 5.98. The van der Waals surface area contributed by atoms with Gasteiger partial charge in [-0.15, -0.1) is 0 Å². The van der Waals surface area contributed by atoms with Gasteiger partial charge in [0.2, 0.25) is 0 Å². The van der Waals surface area contributed by atoms with E-state index in [1.54, 1.807) is 6.08 Å². The minimum absolute atomic E-state index is 0.00596. The lowest BCUT2D eigenvalue weighted by Crippen LogP contribution is -2.24. The van der Waals surface area contributed by atoms with Crippen LogP contribution in [0.3, 0.4) is 0 Å². The van der Waals surface area contributed by atoms with Gasteiger partial charge in [0.05, 0.1) is 12.2 Å². The maximum absolute atomic E-state index is 13.0. The number of epoxide rings is 1. The first-order chi connectivity index (χ1) is 14.5. The third kappa shape index (κ3) is 4.89. The van der Waals surface area contributed by atoms with Crippen LogP contribution in [0.1, 0.15) is 40.7 Å². The molecule has 0 aromatic heterocycles. The summed E-state index contributed by atoms with van der Waals surface area (Å²) in [6.45, 7) is 0. The fourth-order valence-electron chi connectivity index (χ4n) is 3.93. The first-order valence-electron chi connectivity index (χ1n) is 10.1. The molecular weight excluding hydrogens is 384 g/mol. The van der Waals surface area contributed by atoms with Crippen LogP contribution in [-0.2, 0) is 27.1 Å². The fraction of sp³-hybridized carbons (Fsp3) is 0.333. The lowest BCUT2D eigenvalue weighted by Gasteiger charge is -2.19. The van der Waals surface area contributed by atoms with Gasteiger partial charge in [0.1, 0.15) is 23.2 Å². The molecule has 1 fully saturated rings. The van der Waals surface area contributed by atoms with Crippen molar-refractivity contribution in [3.63, 3.8) is 0 Å². The summed E-state index contributed by atoms with van der Waals surface area (Å²) < 4.78 is 11.5. The van der Waals surface area contributed by atoms with Gasteiger partial charge in [-0.1, -0.05) is 36.4 Å². The van der Waals surface area contributed by atoms with E-state index in [1.807, 2.05) is 30.3 Å². The molecule has 6 heteroatoms. The maximum Gasteiger partial charge on any atom is 0.342 e. The van der Waals surface area contributed by atoms with E-state index in [9.17, 15) is 19.8 Å². The Balaban J connectivity index is 1.65. The Morgan fingerprint density at radius 1 is 1.03 bits per heavy atom. The molecular formula is C24H24O6. The van der Waals surface area contributed by atoms with E-state index >= 15 is 0 Å². The van der Waals surface area contributed by atoms with Crippen molar-refractivity contribution >= 4 is 11.8 Å². The fourth-order valence-corrected chi connectivity index (χ4v) is 3.93. The van der Waals surface area contributed by atoms with E-state index in [-0.39, 0.29) is 41.3 Å². The highest BCUT2D eigenvalue weighted by Gasteiger charge is 2.40. The average Bonchev–Trinajstić information content (AvgIpc) is 3.42. The van der Waals surface area contributed by atoms with E-state index in [1.165, 1.54) is 12.1 Å². The molecule has 2 aromatic rings. The van der Waals surface area contributed by atoms with Crippen LogP contribution in [0.5, 0.6) is 11.5 Å². The minimum Gasteiger partial charge on any atom is -0.508 e. The Bertz CT molecular complexity index is 965. The van der Waals surface area contributed by atoms with Gasteiger partial charge in [-0.2, -0.15) is 0 Å². The van der Waals surface area contributed by atoms with Crippen LogP contribution < -0.4 is 0 Å². The van der Waals surface area contributed by atoms with Gasteiger partial charge >= 0.3 is 5.97 Å². The largest absolute Gasteiger partial charge is 0.508 e. The monoisotopic (exact) mass is 408 g/mol.